The number of carbonyl (C=O) groups is 1. The highest BCUT2D eigenvalue weighted by Crippen LogP contribution is 2.37. The van der Waals surface area contributed by atoms with E-state index in [1.165, 1.54) is 11.8 Å². The van der Waals surface area contributed by atoms with Crippen LogP contribution in [-0.4, -0.2) is 33.9 Å². The first-order valence-corrected chi connectivity index (χ1v) is 7.77. The molecule has 7 nitrogen and oxygen atoms in total. The van der Waals surface area contributed by atoms with Gasteiger partial charge >= 0.3 is 16.3 Å². The smallest absolute Gasteiger partial charge is 0.422 e. The lowest BCUT2D eigenvalue weighted by Crippen LogP contribution is -2.45. The Morgan fingerprint density at radius 1 is 1.53 bits per heavy atom. The molecule has 2 rings (SSSR count). The highest BCUT2D eigenvalue weighted by molar-refractivity contribution is 8.00. The lowest BCUT2D eigenvalue weighted by molar-refractivity contribution is 0.177. The molecule has 0 atom stereocenters. The minimum absolute atomic E-state index is 0.257. The van der Waals surface area contributed by atoms with Crippen LogP contribution in [0.5, 0.6) is 0 Å². The van der Waals surface area contributed by atoms with Gasteiger partial charge in [0, 0.05) is 22.9 Å². The molecule has 0 fully saturated rings. The number of ether oxygens (including phenoxy) is 1. The summed E-state index contributed by atoms with van der Waals surface area (Å²) in [6.07, 6.45) is -1.02. The Bertz CT molecular complexity index is 603. The summed E-state index contributed by atoms with van der Waals surface area (Å²) in [6, 6.07) is 5.03. The summed E-state index contributed by atoms with van der Waals surface area (Å²) in [7, 11) is -2.88. The zero-order valence-corrected chi connectivity index (χ0v) is 11.8. The number of nitrogens with two attached hydrogens (primary N) is 1. The van der Waals surface area contributed by atoms with Gasteiger partial charge in [0.15, 0.2) is 0 Å². The van der Waals surface area contributed by atoms with Crippen LogP contribution in [0.4, 0.5) is 16.2 Å². The van der Waals surface area contributed by atoms with Crippen molar-refractivity contribution in [3.63, 3.8) is 0 Å². The van der Waals surface area contributed by atoms with Gasteiger partial charge in [0.25, 0.3) is 0 Å². The van der Waals surface area contributed by atoms with E-state index in [9.17, 15) is 13.2 Å². The summed E-state index contributed by atoms with van der Waals surface area (Å²) < 4.78 is 31.4. The van der Waals surface area contributed by atoms with Crippen molar-refractivity contribution < 1.29 is 17.9 Å². The number of hydrogen-bond acceptors (Lipinski definition) is 6. The van der Waals surface area contributed by atoms with E-state index in [1.54, 1.807) is 18.2 Å². The van der Waals surface area contributed by atoms with Gasteiger partial charge in [0.2, 0.25) is 0 Å². The van der Waals surface area contributed by atoms with E-state index in [4.69, 9.17) is 5.73 Å². The molecule has 1 aliphatic heterocycles. The second kappa shape index (κ2) is 5.17. The van der Waals surface area contributed by atoms with Crippen LogP contribution in [0.15, 0.2) is 23.1 Å². The van der Waals surface area contributed by atoms with Gasteiger partial charge in [-0.2, -0.15) is 8.42 Å². The maximum atomic E-state index is 12.1. The summed E-state index contributed by atoms with van der Waals surface area (Å²) in [5.41, 5.74) is 6.60. The maximum absolute atomic E-state index is 12.1. The van der Waals surface area contributed by atoms with Gasteiger partial charge in [0.1, 0.15) is 0 Å². The lowest BCUT2D eigenvalue weighted by Gasteiger charge is -2.29. The van der Waals surface area contributed by atoms with Gasteiger partial charge in [-0.05, 0) is 18.2 Å². The van der Waals surface area contributed by atoms with Gasteiger partial charge in [0.05, 0.1) is 12.8 Å². The summed E-state index contributed by atoms with van der Waals surface area (Å²) >= 11 is 1.54. The maximum Gasteiger partial charge on any atom is 0.422 e. The summed E-state index contributed by atoms with van der Waals surface area (Å²) in [6.45, 7) is 0.257. The zero-order chi connectivity index (χ0) is 14.0. The molecule has 9 heteroatoms. The highest BCUT2D eigenvalue weighted by atomic mass is 32.2. The number of carbonyl (C=O) groups excluding carboxylic acids is 1. The molecular formula is C10H13N3O4S2. The number of nitrogens with one attached hydrogen (secondary N) is 1. The van der Waals surface area contributed by atoms with Crippen LogP contribution in [0.3, 0.4) is 0 Å². The van der Waals surface area contributed by atoms with Crippen LogP contribution in [0.1, 0.15) is 0 Å². The molecule has 1 aliphatic rings. The van der Waals surface area contributed by atoms with Crippen LogP contribution in [0.25, 0.3) is 0 Å². The number of nitrogens with zero attached hydrogens (tertiary/aromatic N) is 1. The van der Waals surface area contributed by atoms with Gasteiger partial charge < -0.3 is 10.5 Å². The number of fused-ring (bicyclic) bond motifs is 1. The minimum Gasteiger partial charge on any atom is -0.452 e. The van der Waals surface area contributed by atoms with Gasteiger partial charge in [-0.25, -0.2) is 9.52 Å². The highest BCUT2D eigenvalue weighted by Gasteiger charge is 2.29. The third kappa shape index (κ3) is 2.87. The van der Waals surface area contributed by atoms with E-state index in [1.807, 2.05) is 4.72 Å². The Labute approximate surface area is 115 Å². The van der Waals surface area contributed by atoms with Crippen LogP contribution in [-0.2, 0) is 14.9 Å². The standard InChI is InChI=1S/C10H13N3O4S2/c1-17-10(14)12-19(15,16)13-4-5-18-9-3-2-7(11)6-8(9)13/h2-3,6H,4-5,11H2,1H3,(H,12,14). The van der Waals surface area contributed by atoms with Crippen molar-refractivity contribution in [1.82, 2.24) is 4.72 Å². The molecule has 0 aliphatic carbocycles. The topological polar surface area (TPSA) is 102 Å². The number of methoxy groups -OCH3 is 1. The number of nitrogen functional groups attached to an aromatic ring is 1. The molecule has 1 heterocycles. The molecular weight excluding hydrogens is 290 g/mol. The molecule has 3 N–H and O–H groups in total. The Morgan fingerprint density at radius 3 is 2.95 bits per heavy atom. The molecule has 1 amide bonds. The van der Waals surface area contributed by atoms with Gasteiger partial charge in [-0.15, -0.1) is 11.8 Å². The molecule has 104 valence electrons. The summed E-state index contributed by atoms with van der Waals surface area (Å²) in [5.74, 6) is 0.596. The molecule has 19 heavy (non-hydrogen) atoms. The number of thioether (sulfide) groups is 1. The Kier molecular flexibility index (Phi) is 3.76. The zero-order valence-electron chi connectivity index (χ0n) is 10.1. The number of anilines is 2. The third-order valence-electron chi connectivity index (χ3n) is 2.49. The second-order valence-electron chi connectivity index (χ2n) is 3.75. The summed E-state index contributed by atoms with van der Waals surface area (Å²) in [4.78, 5) is 11.9. The number of benzene rings is 1. The largest absolute Gasteiger partial charge is 0.452 e. The molecule has 1 aromatic rings. The summed E-state index contributed by atoms with van der Waals surface area (Å²) in [5, 5.41) is 0. The monoisotopic (exact) mass is 303 g/mol. The molecule has 0 aromatic heterocycles. The predicted molar refractivity (Wildman–Crippen MR) is 73.4 cm³/mol. The Hall–Kier alpha value is -1.61. The van der Waals surface area contributed by atoms with Crippen LogP contribution < -0.4 is 14.8 Å². The molecule has 0 bridgehead atoms. The lowest BCUT2D eigenvalue weighted by atomic mass is 10.3. The molecule has 0 saturated carbocycles. The van der Waals surface area contributed by atoms with E-state index in [0.717, 1.165) is 16.3 Å². The fourth-order valence-electron chi connectivity index (χ4n) is 1.66. The molecule has 0 radical (unpaired) electrons. The van der Waals surface area contributed by atoms with E-state index >= 15 is 0 Å². The van der Waals surface area contributed by atoms with E-state index in [-0.39, 0.29) is 6.54 Å². The van der Waals surface area contributed by atoms with Crippen molar-refractivity contribution in [2.45, 2.75) is 4.90 Å². The first kappa shape index (κ1) is 13.8. The number of rotatable bonds is 2. The average Bonchev–Trinajstić information content (AvgIpc) is 2.37. The van der Waals surface area contributed by atoms with E-state index < -0.39 is 16.3 Å². The van der Waals surface area contributed by atoms with Crippen molar-refractivity contribution in [1.29, 1.82) is 0 Å². The van der Waals surface area contributed by atoms with Gasteiger partial charge in [-0.1, -0.05) is 0 Å². The normalized spacial score (nSPS) is 14.7. The van der Waals surface area contributed by atoms with Crippen LogP contribution in [0.2, 0.25) is 0 Å². The van der Waals surface area contributed by atoms with Gasteiger partial charge in [-0.3, -0.25) is 4.31 Å². The van der Waals surface area contributed by atoms with Crippen molar-refractivity contribution in [3.8, 4) is 0 Å². The SMILES string of the molecule is COC(=O)NS(=O)(=O)N1CCSc2ccc(N)cc21. The first-order valence-electron chi connectivity index (χ1n) is 5.35. The fraction of sp³-hybridized carbons (Fsp3) is 0.300. The van der Waals surface area contributed by atoms with Crippen LogP contribution in [0, 0.1) is 0 Å². The Balaban J connectivity index is 2.38. The molecule has 0 unspecified atom stereocenters. The minimum atomic E-state index is -3.98. The van der Waals surface area contributed by atoms with Crippen molar-refractivity contribution >= 4 is 39.4 Å². The predicted octanol–water partition coefficient (Wildman–Crippen LogP) is 0.782. The molecule has 0 spiro atoms. The van der Waals surface area contributed by atoms with E-state index in [0.29, 0.717) is 17.1 Å². The van der Waals surface area contributed by atoms with Crippen molar-refractivity contribution in [2.75, 3.05) is 29.4 Å². The third-order valence-corrected chi connectivity index (χ3v) is 4.92. The number of amides is 1. The fourth-order valence-corrected chi connectivity index (χ4v) is 3.96. The van der Waals surface area contributed by atoms with Crippen LogP contribution >= 0.6 is 11.8 Å². The molecule has 1 aromatic carbocycles. The van der Waals surface area contributed by atoms with Crippen molar-refractivity contribution in [2.24, 2.45) is 0 Å². The first-order chi connectivity index (χ1) is 8.94. The second-order valence-corrected chi connectivity index (χ2v) is 6.48. The number of hydrogen-bond donors (Lipinski definition) is 2. The Morgan fingerprint density at radius 2 is 2.26 bits per heavy atom. The van der Waals surface area contributed by atoms with Crippen molar-refractivity contribution in [3.05, 3.63) is 18.2 Å². The van der Waals surface area contributed by atoms with E-state index in [2.05, 4.69) is 4.74 Å². The average molecular weight is 303 g/mol. The quantitative estimate of drug-likeness (QED) is 0.783. The molecule has 0 saturated heterocycles.